The Bertz CT molecular complexity index is 1050. The number of amides is 1. The molecule has 1 aromatic carbocycles. The van der Waals surface area contributed by atoms with E-state index in [1.807, 2.05) is 13.0 Å². The minimum Gasteiger partial charge on any atom is -0.463 e. The van der Waals surface area contributed by atoms with Crippen molar-refractivity contribution < 1.29 is 23.5 Å². The number of morpholine rings is 1. The number of hydrogen-bond acceptors (Lipinski definition) is 6. The molecule has 0 N–H and O–H groups in total. The predicted molar refractivity (Wildman–Crippen MR) is 109 cm³/mol. The largest absolute Gasteiger partial charge is 0.463 e. The highest BCUT2D eigenvalue weighted by Crippen LogP contribution is 2.26. The van der Waals surface area contributed by atoms with Crippen LogP contribution in [0.1, 0.15) is 17.4 Å². The summed E-state index contributed by atoms with van der Waals surface area (Å²) in [7, 11) is 0. The molecule has 3 aromatic rings. The summed E-state index contributed by atoms with van der Waals surface area (Å²) in [5.74, 6) is -0.433. The third kappa shape index (κ3) is 4.39. The van der Waals surface area contributed by atoms with Crippen molar-refractivity contribution >= 4 is 23.5 Å². The Balaban J connectivity index is 1.53. The number of carbonyl (C=O) groups is 2. The number of hydrogen-bond donors (Lipinski definition) is 0. The van der Waals surface area contributed by atoms with E-state index in [0.717, 1.165) is 0 Å². The molecule has 0 bridgehead atoms. The van der Waals surface area contributed by atoms with Crippen LogP contribution in [0.15, 0.2) is 53.1 Å². The van der Waals surface area contributed by atoms with E-state index in [1.165, 1.54) is 6.26 Å². The van der Waals surface area contributed by atoms with Gasteiger partial charge in [-0.1, -0.05) is 17.7 Å². The Hall–Kier alpha value is -3.10. The summed E-state index contributed by atoms with van der Waals surface area (Å²) in [6.45, 7) is 2.96. The van der Waals surface area contributed by atoms with E-state index in [1.54, 1.807) is 46.0 Å². The molecule has 9 heteroatoms. The van der Waals surface area contributed by atoms with E-state index < -0.39 is 5.97 Å². The van der Waals surface area contributed by atoms with Crippen molar-refractivity contribution in [2.75, 3.05) is 26.3 Å². The molecule has 1 amide bonds. The molecule has 1 fully saturated rings. The van der Waals surface area contributed by atoms with Crippen molar-refractivity contribution in [3.8, 4) is 17.1 Å². The SMILES string of the molecule is CC1CN(C(=O)COC(=O)c2cc(-c3ccco3)n(-c3cccc(Cl)c3)n2)CCO1. The van der Waals surface area contributed by atoms with Crippen LogP contribution in [-0.2, 0) is 14.3 Å². The second kappa shape index (κ2) is 8.73. The van der Waals surface area contributed by atoms with Gasteiger partial charge in [0.15, 0.2) is 18.1 Å². The summed E-state index contributed by atoms with van der Waals surface area (Å²) in [5, 5.41) is 4.89. The van der Waals surface area contributed by atoms with Crippen molar-refractivity contribution in [2.45, 2.75) is 13.0 Å². The van der Waals surface area contributed by atoms with E-state index in [4.69, 9.17) is 25.5 Å². The summed E-state index contributed by atoms with van der Waals surface area (Å²) in [4.78, 5) is 26.5. The number of esters is 1. The third-order valence-corrected chi connectivity index (χ3v) is 4.90. The Kier molecular flexibility index (Phi) is 5.87. The molecule has 0 aliphatic carbocycles. The number of benzene rings is 1. The molecular formula is C21H20ClN3O5. The van der Waals surface area contributed by atoms with Gasteiger partial charge in [0.05, 0.1) is 24.7 Å². The number of rotatable bonds is 5. The first-order valence-corrected chi connectivity index (χ1v) is 9.85. The number of halogens is 1. The zero-order valence-electron chi connectivity index (χ0n) is 16.3. The van der Waals surface area contributed by atoms with Crippen LogP contribution in [-0.4, -0.2) is 59.0 Å². The highest BCUT2D eigenvalue weighted by Gasteiger charge is 2.24. The van der Waals surface area contributed by atoms with Gasteiger partial charge >= 0.3 is 5.97 Å². The third-order valence-electron chi connectivity index (χ3n) is 4.67. The second-order valence-corrected chi connectivity index (χ2v) is 7.32. The minimum absolute atomic E-state index is 0.0392. The minimum atomic E-state index is -0.696. The first kappa shape index (κ1) is 20.2. The fourth-order valence-corrected chi connectivity index (χ4v) is 3.41. The maximum absolute atomic E-state index is 12.6. The molecule has 156 valence electrons. The van der Waals surface area contributed by atoms with Crippen LogP contribution in [0.2, 0.25) is 5.02 Å². The zero-order chi connectivity index (χ0) is 21.1. The predicted octanol–water partition coefficient (Wildman–Crippen LogP) is 3.19. The average molecular weight is 430 g/mol. The lowest BCUT2D eigenvalue weighted by Crippen LogP contribution is -2.46. The Labute approximate surface area is 177 Å². The van der Waals surface area contributed by atoms with Crippen molar-refractivity contribution in [2.24, 2.45) is 0 Å². The molecule has 8 nitrogen and oxygen atoms in total. The van der Waals surface area contributed by atoms with E-state index in [-0.39, 0.29) is 24.3 Å². The molecule has 1 aliphatic rings. The molecule has 30 heavy (non-hydrogen) atoms. The quantitative estimate of drug-likeness (QED) is 0.579. The highest BCUT2D eigenvalue weighted by molar-refractivity contribution is 6.30. The number of nitrogens with zero attached hydrogens (tertiary/aromatic N) is 3. The molecule has 0 spiro atoms. The first-order valence-electron chi connectivity index (χ1n) is 9.47. The fourth-order valence-electron chi connectivity index (χ4n) is 3.22. The normalized spacial score (nSPS) is 16.5. The average Bonchev–Trinajstić information content (AvgIpc) is 3.41. The smallest absolute Gasteiger partial charge is 0.359 e. The van der Waals surface area contributed by atoms with Crippen molar-refractivity contribution in [3.63, 3.8) is 0 Å². The summed E-state index contributed by atoms with van der Waals surface area (Å²) >= 11 is 6.10. The monoisotopic (exact) mass is 429 g/mol. The second-order valence-electron chi connectivity index (χ2n) is 6.88. The van der Waals surface area contributed by atoms with Gasteiger partial charge in [0.1, 0.15) is 5.69 Å². The standard InChI is InChI=1S/C21H20ClN3O5/c1-14-12-24(7-9-28-14)20(26)13-30-21(27)17-11-18(19-6-3-8-29-19)25(23-17)16-5-2-4-15(22)10-16/h2-6,8,10-11,14H,7,9,12-13H2,1H3. The number of furan rings is 1. The van der Waals surface area contributed by atoms with Crippen LogP contribution in [0.3, 0.4) is 0 Å². The van der Waals surface area contributed by atoms with Crippen molar-refractivity contribution in [3.05, 3.63) is 59.4 Å². The highest BCUT2D eigenvalue weighted by atomic mass is 35.5. The molecule has 1 unspecified atom stereocenters. The van der Waals surface area contributed by atoms with E-state index in [9.17, 15) is 9.59 Å². The van der Waals surface area contributed by atoms with Crippen molar-refractivity contribution in [1.82, 2.24) is 14.7 Å². The van der Waals surface area contributed by atoms with Gasteiger partial charge in [0, 0.05) is 24.2 Å². The number of aromatic nitrogens is 2. The van der Waals surface area contributed by atoms with Gasteiger partial charge in [0.2, 0.25) is 0 Å². The van der Waals surface area contributed by atoms with E-state index in [2.05, 4.69) is 5.10 Å². The van der Waals surface area contributed by atoms with Gasteiger partial charge in [0.25, 0.3) is 5.91 Å². The summed E-state index contributed by atoms with van der Waals surface area (Å²) in [5.41, 5.74) is 1.28. The van der Waals surface area contributed by atoms with Gasteiger partial charge in [-0.15, -0.1) is 0 Å². The molecule has 1 saturated heterocycles. The van der Waals surface area contributed by atoms with Gasteiger partial charge in [-0.2, -0.15) is 5.10 Å². The van der Waals surface area contributed by atoms with Crippen LogP contribution in [0.4, 0.5) is 0 Å². The molecule has 2 aromatic heterocycles. The maximum Gasteiger partial charge on any atom is 0.359 e. The lowest BCUT2D eigenvalue weighted by atomic mass is 10.2. The zero-order valence-corrected chi connectivity index (χ0v) is 17.0. The Morgan fingerprint density at radius 1 is 1.27 bits per heavy atom. The first-order chi connectivity index (χ1) is 14.5. The number of ether oxygens (including phenoxy) is 2. The van der Waals surface area contributed by atoms with E-state index in [0.29, 0.717) is 41.9 Å². The van der Waals surface area contributed by atoms with Crippen molar-refractivity contribution in [1.29, 1.82) is 0 Å². The van der Waals surface area contributed by atoms with Gasteiger partial charge in [-0.3, -0.25) is 4.79 Å². The van der Waals surface area contributed by atoms with E-state index >= 15 is 0 Å². The molecular weight excluding hydrogens is 410 g/mol. The van der Waals surface area contributed by atoms with Crippen LogP contribution in [0.5, 0.6) is 0 Å². The lowest BCUT2D eigenvalue weighted by Gasteiger charge is -2.30. The maximum atomic E-state index is 12.6. The van der Waals surface area contributed by atoms with Crippen LogP contribution in [0, 0.1) is 0 Å². The Morgan fingerprint density at radius 3 is 2.87 bits per heavy atom. The molecule has 3 heterocycles. The van der Waals surface area contributed by atoms with Gasteiger partial charge in [-0.25, -0.2) is 9.48 Å². The molecule has 1 atom stereocenters. The summed E-state index contributed by atoms with van der Waals surface area (Å²) in [6, 6.07) is 12.1. The topological polar surface area (TPSA) is 86.8 Å². The summed E-state index contributed by atoms with van der Waals surface area (Å²) in [6.07, 6.45) is 1.49. The van der Waals surface area contributed by atoms with Gasteiger partial charge < -0.3 is 18.8 Å². The van der Waals surface area contributed by atoms with Crippen LogP contribution < -0.4 is 0 Å². The molecule has 0 saturated carbocycles. The fraction of sp³-hybridized carbons (Fsp3) is 0.286. The van der Waals surface area contributed by atoms with Crippen LogP contribution in [0.25, 0.3) is 17.1 Å². The molecule has 4 rings (SSSR count). The molecule has 0 radical (unpaired) electrons. The van der Waals surface area contributed by atoms with Gasteiger partial charge in [-0.05, 0) is 37.3 Å². The molecule has 1 aliphatic heterocycles. The Morgan fingerprint density at radius 2 is 2.13 bits per heavy atom. The van der Waals surface area contributed by atoms with Crippen LogP contribution >= 0.6 is 11.6 Å². The summed E-state index contributed by atoms with van der Waals surface area (Å²) < 4.78 is 17.7. The lowest BCUT2D eigenvalue weighted by molar-refractivity contribution is -0.141. The number of carbonyl (C=O) groups excluding carboxylic acids is 2.